The van der Waals surface area contributed by atoms with E-state index in [1.54, 1.807) is 12.1 Å². The van der Waals surface area contributed by atoms with Gasteiger partial charge in [0.15, 0.2) is 0 Å². The average molecular weight is 254 g/mol. The number of esters is 1. The molecular weight excluding hydrogens is 232 g/mol. The smallest absolute Gasteiger partial charge is 0.373 e. The van der Waals surface area contributed by atoms with Crippen molar-refractivity contribution in [2.45, 2.75) is 25.9 Å². The molecule has 18 heavy (non-hydrogen) atoms. The molecule has 0 bridgehead atoms. The molecule has 0 aliphatic heterocycles. The third-order valence-corrected chi connectivity index (χ3v) is 3.12. The minimum Gasteiger partial charge on any atom is -0.463 e. The Morgan fingerprint density at radius 1 is 1.44 bits per heavy atom. The van der Waals surface area contributed by atoms with Gasteiger partial charge in [0.05, 0.1) is 13.7 Å². The fourth-order valence-electron chi connectivity index (χ4n) is 1.33. The van der Waals surface area contributed by atoms with Gasteiger partial charge in [-0.25, -0.2) is 4.79 Å². The predicted octanol–water partition coefficient (Wildman–Crippen LogP) is 1.50. The minimum atomic E-state index is -0.449. The summed E-state index contributed by atoms with van der Waals surface area (Å²) in [7, 11) is 5.43. The number of likely N-dealkylation sites (N-methyl/N-ethyl adjacent to an activating group) is 1. The van der Waals surface area contributed by atoms with E-state index in [4.69, 9.17) is 4.42 Å². The summed E-state index contributed by atoms with van der Waals surface area (Å²) >= 11 is 0. The molecule has 1 aromatic rings. The summed E-state index contributed by atoms with van der Waals surface area (Å²) in [4.78, 5) is 13.4. The lowest BCUT2D eigenvalue weighted by Gasteiger charge is -2.32. The molecule has 1 rings (SSSR count). The number of furan rings is 1. The van der Waals surface area contributed by atoms with Crippen molar-refractivity contribution in [2.24, 2.45) is 0 Å². The molecule has 1 N–H and O–H groups in total. The fraction of sp³-hybridized carbons (Fsp3) is 0.615. The summed E-state index contributed by atoms with van der Waals surface area (Å²) in [5.74, 6) is 0.515. The van der Waals surface area contributed by atoms with Gasteiger partial charge in [-0.15, -0.1) is 0 Å². The van der Waals surface area contributed by atoms with Crippen molar-refractivity contribution in [1.82, 2.24) is 10.2 Å². The van der Waals surface area contributed by atoms with Crippen LogP contribution in [0.4, 0.5) is 0 Å². The summed E-state index contributed by atoms with van der Waals surface area (Å²) in [5.41, 5.74) is 0.0672. The van der Waals surface area contributed by atoms with Crippen molar-refractivity contribution in [2.75, 3.05) is 27.7 Å². The topological polar surface area (TPSA) is 54.7 Å². The second-order valence-corrected chi connectivity index (χ2v) is 5.07. The van der Waals surface area contributed by atoms with Crippen molar-refractivity contribution in [3.8, 4) is 0 Å². The lowest BCUT2D eigenvalue weighted by atomic mass is 10.0. The zero-order valence-electron chi connectivity index (χ0n) is 11.7. The van der Waals surface area contributed by atoms with Crippen LogP contribution in [0.3, 0.4) is 0 Å². The normalized spacial score (nSPS) is 11.9. The maximum absolute atomic E-state index is 11.2. The highest BCUT2D eigenvalue weighted by Crippen LogP contribution is 2.11. The van der Waals surface area contributed by atoms with Crippen molar-refractivity contribution < 1.29 is 13.9 Å². The Labute approximate surface area is 108 Å². The number of hydrogen-bond acceptors (Lipinski definition) is 5. The summed E-state index contributed by atoms with van der Waals surface area (Å²) in [6.07, 6.45) is 0. The van der Waals surface area contributed by atoms with Gasteiger partial charge >= 0.3 is 5.97 Å². The van der Waals surface area contributed by atoms with Crippen molar-refractivity contribution in [3.05, 3.63) is 23.7 Å². The van der Waals surface area contributed by atoms with E-state index in [9.17, 15) is 4.79 Å². The number of ether oxygens (including phenoxy) is 1. The third-order valence-electron chi connectivity index (χ3n) is 3.12. The van der Waals surface area contributed by atoms with E-state index in [0.29, 0.717) is 6.54 Å². The van der Waals surface area contributed by atoms with Gasteiger partial charge in [0.2, 0.25) is 5.76 Å². The Hall–Kier alpha value is -1.33. The number of methoxy groups -OCH3 is 1. The molecule has 0 saturated heterocycles. The van der Waals surface area contributed by atoms with Gasteiger partial charge in [0, 0.05) is 12.1 Å². The Bertz CT molecular complexity index is 397. The summed E-state index contributed by atoms with van der Waals surface area (Å²) in [6.45, 7) is 5.73. The Balaban J connectivity index is 2.45. The number of nitrogens with zero attached hydrogens (tertiary/aromatic N) is 1. The zero-order valence-corrected chi connectivity index (χ0v) is 11.7. The van der Waals surface area contributed by atoms with E-state index in [0.717, 1.165) is 12.3 Å². The van der Waals surface area contributed by atoms with Crippen LogP contribution in [0, 0.1) is 0 Å². The molecule has 0 fully saturated rings. The molecule has 0 atom stereocenters. The Morgan fingerprint density at radius 2 is 2.11 bits per heavy atom. The van der Waals surface area contributed by atoms with E-state index in [1.165, 1.54) is 7.11 Å². The third kappa shape index (κ3) is 3.85. The quantitative estimate of drug-likeness (QED) is 0.780. The number of nitrogens with one attached hydrogen (secondary N) is 1. The van der Waals surface area contributed by atoms with Crippen LogP contribution in [0.1, 0.15) is 30.2 Å². The van der Waals surface area contributed by atoms with E-state index in [-0.39, 0.29) is 11.3 Å². The molecule has 1 heterocycles. The summed E-state index contributed by atoms with van der Waals surface area (Å²) in [5, 5.41) is 3.31. The maximum Gasteiger partial charge on any atom is 0.373 e. The molecular formula is C13H22N2O3. The second-order valence-electron chi connectivity index (χ2n) is 5.07. The van der Waals surface area contributed by atoms with E-state index < -0.39 is 5.97 Å². The van der Waals surface area contributed by atoms with Crippen molar-refractivity contribution >= 4 is 5.97 Å². The zero-order chi connectivity index (χ0) is 13.8. The molecule has 0 aromatic carbocycles. The summed E-state index contributed by atoms with van der Waals surface area (Å²) < 4.78 is 9.94. The minimum absolute atomic E-state index is 0.0672. The number of carbonyl (C=O) groups excluding carboxylic acids is 1. The first-order chi connectivity index (χ1) is 8.36. The molecule has 0 amide bonds. The lowest BCUT2D eigenvalue weighted by molar-refractivity contribution is 0.0562. The van der Waals surface area contributed by atoms with Gasteiger partial charge in [-0.3, -0.25) is 0 Å². The van der Waals surface area contributed by atoms with Gasteiger partial charge in [-0.1, -0.05) is 0 Å². The predicted molar refractivity (Wildman–Crippen MR) is 69.5 cm³/mol. The highest BCUT2D eigenvalue weighted by molar-refractivity contribution is 5.86. The van der Waals surface area contributed by atoms with Crippen molar-refractivity contribution in [1.29, 1.82) is 0 Å². The molecule has 5 heteroatoms. The Morgan fingerprint density at radius 3 is 2.67 bits per heavy atom. The monoisotopic (exact) mass is 254 g/mol. The first-order valence-corrected chi connectivity index (χ1v) is 5.92. The van der Waals surface area contributed by atoms with Crippen LogP contribution in [0.25, 0.3) is 0 Å². The Kier molecular flexibility index (Phi) is 4.93. The van der Waals surface area contributed by atoms with Crippen LogP contribution in [0.5, 0.6) is 0 Å². The second kappa shape index (κ2) is 6.02. The molecule has 0 radical (unpaired) electrons. The van der Waals surface area contributed by atoms with Gasteiger partial charge in [0.1, 0.15) is 5.76 Å². The average Bonchev–Trinajstić information content (AvgIpc) is 2.76. The van der Waals surface area contributed by atoms with Gasteiger partial charge < -0.3 is 19.4 Å². The van der Waals surface area contributed by atoms with Gasteiger partial charge in [0.25, 0.3) is 0 Å². The molecule has 0 spiro atoms. The largest absolute Gasteiger partial charge is 0.463 e. The number of rotatable bonds is 6. The SMILES string of the molecule is COC(=O)c1ccc(CNCC(C)(C)N(C)C)o1. The molecule has 5 nitrogen and oxygen atoms in total. The van der Waals surface area contributed by atoms with Crippen LogP contribution >= 0.6 is 0 Å². The number of carbonyl (C=O) groups is 1. The highest BCUT2D eigenvalue weighted by Gasteiger charge is 2.19. The molecule has 0 unspecified atom stereocenters. The molecule has 0 saturated carbocycles. The highest BCUT2D eigenvalue weighted by atomic mass is 16.5. The van der Waals surface area contributed by atoms with Crippen LogP contribution in [0.2, 0.25) is 0 Å². The van der Waals surface area contributed by atoms with Crippen molar-refractivity contribution in [3.63, 3.8) is 0 Å². The van der Waals surface area contributed by atoms with Crippen LogP contribution in [-0.2, 0) is 11.3 Å². The first-order valence-electron chi connectivity index (χ1n) is 5.92. The molecule has 1 aromatic heterocycles. The van der Waals surface area contributed by atoms with Gasteiger partial charge in [-0.2, -0.15) is 0 Å². The summed E-state index contributed by atoms with van der Waals surface area (Å²) in [6, 6.07) is 3.40. The van der Waals surface area contributed by atoms with E-state index >= 15 is 0 Å². The fourth-order valence-corrected chi connectivity index (χ4v) is 1.33. The molecule has 0 aliphatic rings. The molecule has 0 aliphatic carbocycles. The van der Waals surface area contributed by atoms with E-state index in [2.05, 4.69) is 28.8 Å². The van der Waals surface area contributed by atoms with Crippen LogP contribution in [0.15, 0.2) is 16.5 Å². The lowest BCUT2D eigenvalue weighted by Crippen LogP contribution is -2.46. The first kappa shape index (κ1) is 14.7. The number of hydrogen-bond donors (Lipinski definition) is 1. The van der Waals surface area contributed by atoms with E-state index in [1.807, 2.05) is 14.1 Å². The maximum atomic E-state index is 11.2. The molecule has 102 valence electrons. The van der Waals surface area contributed by atoms with Crippen LogP contribution in [-0.4, -0.2) is 44.2 Å². The standard InChI is InChI=1S/C13H22N2O3/c1-13(2,15(3)4)9-14-8-10-6-7-11(18-10)12(16)17-5/h6-7,14H,8-9H2,1-5H3. The van der Waals surface area contributed by atoms with Gasteiger partial charge in [-0.05, 0) is 40.1 Å². The van der Waals surface area contributed by atoms with Crippen LogP contribution < -0.4 is 5.32 Å².